The second-order valence-corrected chi connectivity index (χ2v) is 5.74. The molecule has 0 unspecified atom stereocenters. The van der Waals surface area contributed by atoms with E-state index in [2.05, 4.69) is 6.58 Å². The maximum absolute atomic E-state index is 12.3. The van der Waals surface area contributed by atoms with Crippen molar-refractivity contribution in [2.75, 3.05) is 19.8 Å². The molecule has 0 aliphatic carbocycles. The van der Waals surface area contributed by atoms with Crippen LogP contribution in [-0.2, 0) is 14.3 Å². The normalized spacial score (nSPS) is 15.7. The molecule has 0 saturated carbocycles. The van der Waals surface area contributed by atoms with E-state index >= 15 is 0 Å². The average molecular weight is 347 g/mol. The Morgan fingerprint density at radius 1 is 1.38 bits per heavy atom. The molecule has 7 heteroatoms. The Morgan fingerprint density at radius 3 is 2.88 bits per heavy atom. The second-order valence-electron chi connectivity index (χ2n) is 4.75. The van der Waals surface area contributed by atoms with Crippen LogP contribution in [0.5, 0.6) is 5.75 Å². The Balaban J connectivity index is 2.13. The fourth-order valence-corrected chi connectivity index (χ4v) is 2.81. The van der Waals surface area contributed by atoms with Crippen molar-refractivity contribution >= 4 is 35.0 Å². The van der Waals surface area contributed by atoms with Gasteiger partial charge in [0.15, 0.2) is 0 Å². The predicted molar refractivity (Wildman–Crippen MR) is 91.4 cm³/mol. The highest BCUT2D eigenvalue weighted by Crippen LogP contribution is 2.32. The number of carbonyl (C=O) groups excluding carboxylic acids is 3. The lowest BCUT2D eigenvalue weighted by Gasteiger charge is -2.10. The molecule has 2 amide bonds. The first-order chi connectivity index (χ1) is 11.5. The van der Waals surface area contributed by atoms with Crippen molar-refractivity contribution in [2.24, 2.45) is 0 Å². The number of nitrogens with zero attached hydrogens (tertiary/aromatic N) is 1. The minimum atomic E-state index is -0.610. The summed E-state index contributed by atoms with van der Waals surface area (Å²) in [6, 6.07) is 7.11. The van der Waals surface area contributed by atoms with Gasteiger partial charge in [0, 0.05) is 0 Å². The molecule has 1 aromatic rings. The minimum Gasteiger partial charge on any atom is -0.490 e. The van der Waals surface area contributed by atoms with Crippen molar-refractivity contribution in [1.82, 2.24) is 4.90 Å². The molecule has 0 radical (unpaired) electrons. The monoisotopic (exact) mass is 347 g/mol. The summed E-state index contributed by atoms with van der Waals surface area (Å²) in [4.78, 5) is 36.8. The first-order valence-electron chi connectivity index (χ1n) is 7.30. The highest BCUT2D eigenvalue weighted by atomic mass is 32.2. The Labute approximate surface area is 144 Å². The Hall–Kier alpha value is -2.54. The van der Waals surface area contributed by atoms with E-state index in [1.165, 1.54) is 0 Å². The van der Waals surface area contributed by atoms with Crippen LogP contribution in [0.2, 0.25) is 0 Å². The van der Waals surface area contributed by atoms with Crippen LogP contribution in [0.3, 0.4) is 0 Å². The van der Waals surface area contributed by atoms with Gasteiger partial charge in [0.1, 0.15) is 18.9 Å². The van der Waals surface area contributed by atoms with Gasteiger partial charge in [-0.3, -0.25) is 19.3 Å². The fraction of sp³-hybridized carbons (Fsp3) is 0.235. The first-order valence-corrected chi connectivity index (χ1v) is 8.11. The molecule has 1 fully saturated rings. The van der Waals surface area contributed by atoms with E-state index in [4.69, 9.17) is 9.47 Å². The SMILES string of the molecule is C=CCOc1cccc(/C=C2/SC(=O)N(CC(=O)OCC)C2=O)c1. The van der Waals surface area contributed by atoms with E-state index in [1.807, 2.05) is 0 Å². The molecule has 0 aromatic heterocycles. The van der Waals surface area contributed by atoms with Crippen molar-refractivity contribution in [2.45, 2.75) is 6.92 Å². The minimum absolute atomic E-state index is 0.197. The lowest BCUT2D eigenvalue weighted by Crippen LogP contribution is -2.34. The van der Waals surface area contributed by atoms with Crippen LogP contribution in [0.15, 0.2) is 41.8 Å². The number of rotatable bonds is 7. The topological polar surface area (TPSA) is 72.9 Å². The Bertz CT molecular complexity index is 698. The van der Waals surface area contributed by atoms with Gasteiger partial charge in [-0.1, -0.05) is 24.8 Å². The van der Waals surface area contributed by atoms with Crippen LogP contribution < -0.4 is 4.74 Å². The summed E-state index contributed by atoms with van der Waals surface area (Å²) in [5.74, 6) is -0.481. The lowest BCUT2D eigenvalue weighted by molar-refractivity contribution is -0.145. The van der Waals surface area contributed by atoms with E-state index in [0.717, 1.165) is 22.2 Å². The van der Waals surface area contributed by atoms with Crippen LogP contribution in [0.1, 0.15) is 12.5 Å². The van der Waals surface area contributed by atoms with Gasteiger partial charge in [-0.15, -0.1) is 0 Å². The Kier molecular flexibility index (Phi) is 6.20. The predicted octanol–water partition coefficient (Wildman–Crippen LogP) is 2.85. The number of carbonyl (C=O) groups is 3. The molecule has 1 heterocycles. The largest absolute Gasteiger partial charge is 0.490 e. The summed E-state index contributed by atoms with van der Waals surface area (Å²) >= 11 is 0.794. The molecular formula is C17H17NO5S. The number of esters is 1. The molecule has 1 aromatic carbocycles. The highest BCUT2D eigenvalue weighted by Gasteiger charge is 2.36. The van der Waals surface area contributed by atoms with Crippen LogP contribution in [0, 0.1) is 0 Å². The number of hydrogen-bond acceptors (Lipinski definition) is 6. The van der Waals surface area contributed by atoms with Crippen LogP contribution in [0.25, 0.3) is 6.08 Å². The summed E-state index contributed by atoms with van der Waals surface area (Å²) in [6.45, 7) is 5.43. The molecule has 0 spiro atoms. The molecule has 24 heavy (non-hydrogen) atoms. The van der Waals surface area contributed by atoms with Crippen molar-refractivity contribution < 1.29 is 23.9 Å². The zero-order chi connectivity index (χ0) is 17.5. The zero-order valence-corrected chi connectivity index (χ0v) is 14.0. The zero-order valence-electron chi connectivity index (χ0n) is 13.2. The van der Waals surface area contributed by atoms with Gasteiger partial charge in [-0.05, 0) is 42.5 Å². The summed E-state index contributed by atoms with van der Waals surface area (Å²) in [6.07, 6.45) is 3.23. The molecule has 1 aliphatic heterocycles. The van der Waals surface area contributed by atoms with Crippen LogP contribution >= 0.6 is 11.8 Å². The van der Waals surface area contributed by atoms with Gasteiger partial charge in [-0.2, -0.15) is 0 Å². The summed E-state index contributed by atoms with van der Waals surface area (Å²) in [5.41, 5.74) is 0.721. The van der Waals surface area contributed by atoms with E-state index < -0.39 is 17.1 Å². The van der Waals surface area contributed by atoms with E-state index in [-0.39, 0.29) is 18.1 Å². The molecule has 0 bridgehead atoms. The number of amides is 2. The Morgan fingerprint density at radius 2 is 2.17 bits per heavy atom. The maximum Gasteiger partial charge on any atom is 0.326 e. The number of thioether (sulfide) groups is 1. The lowest BCUT2D eigenvalue weighted by atomic mass is 10.2. The second kappa shape index (κ2) is 8.35. The molecule has 1 saturated heterocycles. The van der Waals surface area contributed by atoms with Gasteiger partial charge < -0.3 is 9.47 Å². The molecule has 6 nitrogen and oxygen atoms in total. The first kappa shape index (κ1) is 17.8. The number of hydrogen-bond donors (Lipinski definition) is 0. The standard InChI is InChI=1S/C17H17NO5S/c1-3-8-23-13-7-5-6-12(9-13)10-14-16(20)18(17(21)24-14)11-15(19)22-4-2/h3,5-7,9-10H,1,4,8,11H2,2H3/b14-10+. The highest BCUT2D eigenvalue weighted by molar-refractivity contribution is 8.18. The van der Waals surface area contributed by atoms with Gasteiger partial charge in [-0.25, -0.2) is 0 Å². The average Bonchev–Trinajstić information content (AvgIpc) is 2.81. The molecule has 126 valence electrons. The van der Waals surface area contributed by atoms with Gasteiger partial charge in [0.2, 0.25) is 0 Å². The van der Waals surface area contributed by atoms with Crippen LogP contribution in [-0.4, -0.2) is 41.8 Å². The molecule has 0 N–H and O–H groups in total. The molecule has 0 atom stereocenters. The number of ether oxygens (including phenoxy) is 2. The quantitative estimate of drug-likeness (QED) is 0.429. The maximum atomic E-state index is 12.3. The van der Waals surface area contributed by atoms with Crippen molar-refractivity contribution in [3.63, 3.8) is 0 Å². The van der Waals surface area contributed by atoms with Gasteiger partial charge >= 0.3 is 5.97 Å². The fourth-order valence-electron chi connectivity index (χ4n) is 1.97. The molecule has 2 rings (SSSR count). The van der Waals surface area contributed by atoms with E-state index in [1.54, 1.807) is 43.3 Å². The van der Waals surface area contributed by atoms with Crippen molar-refractivity contribution in [1.29, 1.82) is 0 Å². The van der Waals surface area contributed by atoms with Crippen molar-refractivity contribution in [3.8, 4) is 5.75 Å². The van der Waals surface area contributed by atoms with Crippen molar-refractivity contribution in [3.05, 3.63) is 47.4 Å². The van der Waals surface area contributed by atoms with E-state index in [9.17, 15) is 14.4 Å². The number of benzene rings is 1. The summed E-state index contributed by atoms with van der Waals surface area (Å²) < 4.78 is 10.2. The number of imide groups is 1. The third-order valence-corrected chi connectivity index (χ3v) is 3.90. The summed E-state index contributed by atoms with van der Waals surface area (Å²) in [7, 11) is 0. The third-order valence-electron chi connectivity index (χ3n) is 2.99. The van der Waals surface area contributed by atoms with E-state index in [0.29, 0.717) is 12.4 Å². The summed E-state index contributed by atoms with van der Waals surface area (Å²) in [5, 5.41) is -0.488. The third kappa shape index (κ3) is 4.48. The smallest absolute Gasteiger partial charge is 0.326 e. The molecular weight excluding hydrogens is 330 g/mol. The van der Waals surface area contributed by atoms with Crippen LogP contribution in [0.4, 0.5) is 4.79 Å². The molecule has 1 aliphatic rings. The van der Waals surface area contributed by atoms with Gasteiger partial charge in [0.25, 0.3) is 11.1 Å². The van der Waals surface area contributed by atoms with Gasteiger partial charge in [0.05, 0.1) is 11.5 Å².